The van der Waals surface area contributed by atoms with E-state index in [1.807, 2.05) is 36.4 Å². The highest BCUT2D eigenvalue weighted by Gasteiger charge is 2.45. The Morgan fingerprint density at radius 1 is 1.00 bits per heavy atom. The van der Waals surface area contributed by atoms with Crippen LogP contribution in [0.5, 0.6) is 0 Å². The predicted octanol–water partition coefficient (Wildman–Crippen LogP) is 5.23. The number of piperidine rings is 1. The lowest BCUT2D eigenvalue weighted by Crippen LogP contribution is -2.65. The standard InChI is InChI=1S/C28H24F2N4O/c1-17-10-11-20(18-6-3-2-4-7-18)25(26(17)30)28(35)33-13-12-19-15-34(23(19)16-33)24-14-31-27-21(29)8-5-9-22(27)32-24/h2-11,14,19,23H,12-13,15-16H2,1H3/t19-,23+/m0/s1. The van der Waals surface area contributed by atoms with Gasteiger partial charge in [0, 0.05) is 25.6 Å². The smallest absolute Gasteiger partial charge is 0.257 e. The summed E-state index contributed by atoms with van der Waals surface area (Å²) in [4.78, 5) is 26.5. The summed E-state index contributed by atoms with van der Waals surface area (Å²) in [6, 6.07) is 17.8. The number of likely N-dealkylation sites (tertiary alicyclic amines) is 1. The van der Waals surface area contributed by atoms with Crippen LogP contribution in [0.2, 0.25) is 0 Å². The number of aryl methyl sites for hydroxylation is 1. The molecule has 176 valence electrons. The molecule has 0 bridgehead atoms. The quantitative estimate of drug-likeness (QED) is 0.411. The van der Waals surface area contributed by atoms with Gasteiger partial charge in [0.2, 0.25) is 0 Å². The number of hydrogen-bond donors (Lipinski definition) is 0. The number of amides is 1. The predicted molar refractivity (Wildman–Crippen MR) is 131 cm³/mol. The Kier molecular flexibility index (Phi) is 5.20. The van der Waals surface area contributed by atoms with Crippen LogP contribution in [-0.4, -0.2) is 46.5 Å². The molecule has 2 aliphatic rings. The Hall–Kier alpha value is -3.87. The van der Waals surface area contributed by atoms with E-state index < -0.39 is 11.6 Å². The highest BCUT2D eigenvalue weighted by Crippen LogP contribution is 2.37. The van der Waals surface area contributed by atoms with E-state index in [4.69, 9.17) is 0 Å². The minimum absolute atomic E-state index is 0.0704. The number of halogens is 2. The molecule has 0 radical (unpaired) electrons. The number of anilines is 1. The molecule has 0 spiro atoms. The van der Waals surface area contributed by atoms with E-state index in [2.05, 4.69) is 14.9 Å². The third-order valence-electron chi connectivity index (χ3n) is 7.28. The topological polar surface area (TPSA) is 49.3 Å². The van der Waals surface area contributed by atoms with Gasteiger partial charge in [-0.05, 0) is 42.2 Å². The lowest BCUT2D eigenvalue weighted by atomic mass is 9.82. The minimum atomic E-state index is -0.466. The van der Waals surface area contributed by atoms with Crippen LogP contribution in [-0.2, 0) is 0 Å². The van der Waals surface area contributed by atoms with Crippen molar-refractivity contribution in [3.63, 3.8) is 0 Å². The summed E-state index contributed by atoms with van der Waals surface area (Å²) in [6.07, 6.45) is 2.44. The Balaban J connectivity index is 1.29. The fraction of sp³-hybridized carbons (Fsp3) is 0.250. The van der Waals surface area contributed by atoms with E-state index in [-0.39, 0.29) is 23.0 Å². The zero-order valence-electron chi connectivity index (χ0n) is 19.3. The van der Waals surface area contributed by atoms with Crippen LogP contribution in [0.25, 0.3) is 22.2 Å². The molecule has 2 fully saturated rings. The monoisotopic (exact) mass is 470 g/mol. The second-order valence-corrected chi connectivity index (χ2v) is 9.34. The number of benzene rings is 3. The maximum absolute atomic E-state index is 15.4. The summed E-state index contributed by atoms with van der Waals surface area (Å²) < 4.78 is 29.4. The summed E-state index contributed by atoms with van der Waals surface area (Å²) >= 11 is 0. The molecule has 3 aromatic carbocycles. The Morgan fingerprint density at radius 3 is 2.66 bits per heavy atom. The average Bonchev–Trinajstić information content (AvgIpc) is 2.86. The van der Waals surface area contributed by atoms with Gasteiger partial charge < -0.3 is 9.80 Å². The van der Waals surface area contributed by atoms with Gasteiger partial charge in [0.05, 0.1) is 23.3 Å². The molecular weight excluding hydrogens is 446 g/mol. The first-order chi connectivity index (χ1) is 17.0. The molecule has 1 amide bonds. The van der Waals surface area contributed by atoms with Gasteiger partial charge in [-0.1, -0.05) is 48.5 Å². The second-order valence-electron chi connectivity index (χ2n) is 9.34. The van der Waals surface area contributed by atoms with Gasteiger partial charge in [-0.15, -0.1) is 0 Å². The molecule has 6 rings (SSSR count). The number of hydrogen-bond acceptors (Lipinski definition) is 4. The molecule has 35 heavy (non-hydrogen) atoms. The average molecular weight is 471 g/mol. The van der Waals surface area contributed by atoms with Crippen LogP contribution in [0.15, 0.2) is 66.9 Å². The molecule has 0 N–H and O–H groups in total. The first kappa shape index (κ1) is 21.6. The Bertz CT molecular complexity index is 1440. The summed E-state index contributed by atoms with van der Waals surface area (Å²) in [5.74, 6) is -0.0503. The van der Waals surface area contributed by atoms with Gasteiger partial charge in [0.25, 0.3) is 5.91 Å². The maximum atomic E-state index is 15.4. The molecule has 2 atom stereocenters. The van der Waals surface area contributed by atoms with E-state index in [0.717, 1.165) is 18.5 Å². The third kappa shape index (κ3) is 3.62. The second kappa shape index (κ2) is 8.41. The first-order valence-electron chi connectivity index (χ1n) is 11.8. The fourth-order valence-electron chi connectivity index (χ4n) is 5.28. The van der Waals surface area contributed by atoms with Crippen LogP contribution in [0.3, 0.4) is 0 Å². The van der Waals surface area contributed by atoms with Gasteiger partial charge in [0.1, 0.15) is 17.2 Å². The van der Waals surface area contributed by atoms with Crippen molar-refractivity contribution < 1.29 is 13.6 Å². The molecule has 0 saturated carbocycles. The molecule has 2 saturated heterocycles. The molecule has 7 heteroatoms. The normalized spacial score (nSPS) is 19.4. The van der Waals surface area contributed by atoms with Gasteiger partial charge in [-0.3, -0.25) is 4.79 Å². The largest absolute Gasteiger partial charge is 0.350 e. The highest BCUT2D eigenvalue weighted by atomic mass is 19.1. The third-order valence-corrected chi connectivity index (χ3v) is 7.28. The number of aromatic nitrogens is 2. The Labute approximate surface area is 202 Å². The first-order valence-corrected chi connectivity index (χ1v) is 11.8. The van der Waals surface area contributed by atoms with Crippen LogP contribution >= 0.6 is 0 Å². The molecule has 2 aliphatic heterocycles. The minimum Gasteiger partial charge on any atom is -0.350 e. The fourth-order valence-corrected chi connectivity index (χ4v) is 5.28. The van der Waals surface area contributed by atoms with Gasteiger partial charge in [-0.2, -0.15) is 0 Å². The van der Waals surface area contributed by atoms with Crippen molar-refractivity contribution in [1.29, 1.82) is 0 Å². The summed E-state index contributed by atoms with van der Waals surface area (Å²) in [7, 11) is 0. The van der Waals surface area contributed by atoms with Crippen LogP contribution in [0.1, 0.15) is 22.3 Å². The number of fused-ring (bicyclic) bond motifs is 2. The number of carbonyl (C=O) groups is 1. The van der Waals surface area contributed by atoms with Crippen molar-refractivity contribution >= 4 is 22.8 Å². The summed E-state index contributed by atoms with van der Waals surface area (Å²) in [6.45, 7) is 3.57. The molecule has 0 unspecified atom stereocenters. The molecule has 0 aliphatic carbocycles. The van der Waals surface area contributed by atoms with Gasteiger partial charge in [0.15, 0.2) is 5.82 Å². The number of nitrogens with zero attached hydrogens (tertiary/aromatic N) is 4. The van der Waals surface area contributed by atoms with Crippen LogP contribution in [0.4, 0.5) is 14.6 Å². The number of para-hydroxylation sites is 1. The zero-order chi connectivity index (χ0) is 24.1. The van der Waals surface area contributed by atoms with E-state index >= 15 is 4.39 Å². The van der Waals surface area contributed by atoms with Crippen molar-refractivity contribution in [2.45, 2.75) is 19.4 Å². The van der Waals surface area contributed by atoms with E-state index in [1.54, 1.807) is 36.2 Å². The van der Waals surface area contributed by atoms with Crippen molar-refractivity contribution in [3.05, 3.63) is 89.6 Å². The van der Waals surface area contributed by atoms with Crippen LogP contribution < -0.4 is 4.90 Å². The van der Waals surface area contributed by atoms with Gasteiger partial charge >= 0.3 is 0 Å². The van der Waals surface area contributed by atoms with Gasteiger partial charge in [-0.25, -0.2) is 18.7 Å². The molecule has 5 nitrogen and oxygen atoms in total. The zero-order valence-corrected chi connectivity index (χ0v) is 19.3. The summed E-state index contributed by atoms with van der Waals surface area (Å²) in [5, 5.41) is 0. The molecule has 3 heterocycles. The Morgan fingerprint density at radius 2 is 1.83 bits per heavy atom. The van der Waals surface area contributed by atoms with E-state index in [9.17, 15) is 9.18 Å². The highest BCUT2D eigenvalue weighted by molar-refractivity contribution is 6.01. The molecule has 4 aromatic rings. The van der Waals surface area contributed by atoms with E-state index in [1.165, 1.54) is 6.07 Å². The lowest BCUT2D eigenvalue weighted by Gasteiger charge is -2.54. The van der Waals surface area contributed by atoms with Crippen molar-refractivity contribution in [2.75, 3.05) is 24.5 Å². The number of carbonyl (C=O) groups excluding carboxylic acids is 1. The molecule has 1 aromatic heterocycles. The van der Waals surface area contributed by atoms with Crippen molar-refractivity contribution in [3.8, 4) is 11.1 Å². The van der Waals surface area contributed by atoms with E-state index in [0.29, 0.717) is 41.5 Å². The van der Waals surface area contributed by atoms with Crippen molar-refractivity contribution in [2.24, 2.45) is 5.92 Å². The SMILES string of the molecule is Cc1ccc(-c2ccccc2)c(C(=O)N2CC[C@H]3CN(c4cnc5c(F)cccc5n4)[C@@H]3C2)c1F. The van der Waals surface area contributed by atoms with Crippen molar-refractivity contribution in [1.82, 2.24) is 14.9 Å². The number of rotatable bonds is 3. The maximum Gasteiger partial charge on any atom is 0.257 e. The molecular formula is C28H24F2N4O. The lowest BCUT2D eigenvalue weighted by molar-refractivity contribution is 0.0587. The summed E-state index contributed by atoms with van der Waals surface area (Å²) in [5.41, 5.74) is 2.75. The van der Waals surface area contributed by atoms with Crippen LogP contribution in [0, 0.1) is 24.5 Å².